The van der Waals surface area contributed by atoms with Crippen LogP contribution in [0.1, 0.15) is 61.6 Å². The molecule has 1 aliphatic heterocycles. The standard InChI is InChI=1S/C26H34N2O2/c27-26(30)24-13-8-20-28(24)25(29)19-18-23-16-14-22(15-17-23)12-5-2-1-4-9-21-10-6-3-7-11-21/h3,6-7,10-11,14-17,24H,1-2,4-5,8-9,12-13,18-20H2,(H2,27,30)/t24-/m0/s1. The van der Waals surface area contributed by atoms with Gasteiger partial charge < -0.3 is 10.6 Å². The maximum absolute atomic E-state index is 12.4. The third-order valence-electron chi connectivity index (χ3n) is 6.08. The molecule has 0 aliphatic carbocycles. The van der Waals surface area contributed by atoms with Crippen LogP contribution in [0.25, 0.3) is 0 Å². The predicted molar refractivity (Wildman–Crippen MR) is 121 cm³/mol. The van der Waals surface area contributed by atoms with Crippen molar-refractivity contribution in [1.29, 1.82) is 0 Å². The first-order chi connectivity index (χ1) is 14.6. The van der Waals surface area contributed by atoms with Gasteiger partial charge in [-0.05, 0) is 61.6 Å². The van der Waals surface area contributed by atoms with Gasteiger partial charge in [0, 0.05) is 13.0 Å². The quantitative estimate of drug-likeness (QED) is 0.561. The van der Waals surface area contributed by atoms with Crippen LogP contribution in [0.3, 0.4) is 0 Å². The van der Waals surface area contributed by atoms with Crippen LogP contribution in [0.2, 0.25) is 0 Å². The summed E-state index contributed by atoms with van der Waals surface area (Å²) in [7, 11) is 0. The fourth-order valence-electron chi connectivity index (χ4n) is 4.28. The number of hydrogen-bond acceptors (Lipinski definition) is 2. The minimum atomic E-state index is -0.410. The third-order valence-corrected chi connectivity index (χ3v) is 6.08. The number of rotatable bonds is 11. The molecule has 160 valence electrons. The van der Waals surface area contributed by atoms with Gasteiger partial charge in [0.15, 0.2) is 0 Å². The number of nitrogens with zero attached hydrogens (tertiary/aromatic N) is 1. The molecule has 1 heterocycles. The van der Waals surface area contributed by atoms with Crippen molar-refractivity contribution >= 4 is 11.8 Å². The fraction of sp³-hybridized carbons (Fsp3) is 0.462. The monoisotopic (exact) mass is 406 g/mol. The summed E-state index contributed by atoms with van der Waals surface area (Å²) in [6, 6.07) is 18.9. The molecule has 2 amide bonds. The number of unbranched alkanes of at least 4 members (excludes halogenated alkanes) is 3. The van der Waals surface area contributed by atoms with Crippen molar-refractivity contribution in [3.63, 3.8) is 0 Å². The Kier molecular flexibility index (Phi) is 8.49. The lowest BCUT2D eigenvalue weighted by Gasteiger charge is -2.22. The zero-order valence-electron chi connectivity index (χ0n) is 17.9. The molecule has 0 aromatic heterocycles. The van der Waals surface area contributed by atoms with Crippen molar-refractivity contribution in [2.75, 3.05) is 6.54 Å². The van der Waals surface area contributed by atoms with Gasteiger partial charge >= 0.3 is 0 Å². The highest BCUT2D eigenvalue weighted by Gasteiger charge is 2.32. The van der Waals surface area contributed by atoms with E-state index >= 15 is 0 Å². The number of hydrogen-bond donors (Lipinski definition) is 1. The highest BCUT2D eigenvalue weighted by molar-refractivity contribution is 5.87. The van der Waals surface area contributed by atoms with Crippen molar-refractivity contribution in [2.24, 2.45) is 5.73 Å². The number of likely N-dealkylation sites (tertiary alicyclic amines) is 1. The molecule has 0 saturated carbocycles. The minimum Gasteiger partial charge on any atom is -0.368 e. The summed E-state index contributed by atoms with van der Waals surface area (Å²) in [5.74, 6) is -0.346. The molecule has 1 fully saturated rings. The van der Waals surface area contributed by atoms with Gasteiger partial charge in [-0.25, -0.2) is 0 Å². The maximum atomic E-state index is 12.4. The van der Waals surface area contributed by atoms with E-state index in [2.05, 4.69) is 54.6 Å². The van der Waals surface area contributed by atoms with Gasteiger partial charge in [0.2, 0.25) is 11.8 Å². The molecule has 3 rings (SSSR count). The van der Waals surface area contributed by atoms with E-state index < -0.39 is 6.04 Å². The molecule has 2 aromatic carbocycles. The summed E-state index contributed by atoms with van der Waals surface area (Å²) in [6.45, 7) is 0.650. The van der Waals surface area contributed by atoms with Gasteiger partial charge in [-0.15, -0.1) is 0 Å². The fourth-order valence-corrected chi connectivity index (χ4v) is 4.28. The van der Waals surface area contributed by atoms with E-state index in [0.717, 1.165) is 12.8 Å². The van der Waals surface area contributed by atoms with Crippen LogP contribution >= 0.6 is 0 Å². The molecule has 0 unspecified atom stereocenters. The smallest absolute Gasteiger partial charge is 0.240 e. The zero-order chi connectivity index (χ0) is 21.2. The molecule has 30 heavy (non-hydrogen) atoms. The average Bonchev–Trinajstić information content (AvgIpc) is 3.26. The largest absolute Gasteiger partial charge is 0.368 e. The van der Waals surface area contributed by atoms with Crippen LogP contribution in [0.4, 0.5) is 0 Å². The van der Waals surface area contributed by atoms with Crippen molar-refractivity contribution < 1.29 is 9.59 Å². The second-order valence-electron chi connectivity index (χ2n) is 8.36. The van der Waals surface area contributed by atoms with E-state index in [-0.39, 0.29) is 11.8 Å². The van der Waals surface area contributed by atoms with Crippen LogP contribution in [0, 0.1) is 0 Å². The number of carbonyl (C=O) groups is 2. The summed E-state index contributed by atoms with van der Waals surface area (Å²) in [4.78, 5) is 25.6. The average molecular weight is 407 g/mol. The SMILES string of the molecule is NC(=O)[C@@H]1CCCN1C(=O)CCc1ccc(CCCCCCc2ccccc2)cc1. The van der Waals surface area contributed by atoms with Crippen molar-refractivity contribution in [2.45, 2.75) is 70.3 Å². The zero-order valence-corrected chi connectivity index (χ0v) is 17.9. The second kappa shape index (κ2) is 11.5. The molecule has 0 bridgehead atoms. The summed E-state index contributed by atoms with van der Waals surface area (Å²) in [5.41, 5.74) is 9.38. The topological polar surface area (TPSA) is 63.4 Å². The first kappa shape index (κ1) is 22.1. The van der Waals surface area contributed by atoms with Crippen molar-refractivity contribution in [3.05, 3.63) is 71.3 Å². The van der Waals surface area contributed by atoms with Crippen molar-refractivity contribution in [3.8, 4) is 0 Å². The molecule has 2 aromatic rings. The Hall–Kier alpha value is -2.62. The number of benzene rings is 2. The Morgan fingerprint density at radius 3 is 1.97 bits per heavy atom. The summed E-state index contributed by atoms with van der Waals surface area (Å²) in [6.07, 6.45) is 10.00. The van der Waals surface area contributed by atoms with Crippen LogP contribution < -0.4 is 5.73 Å². The Labute approximate surface area is 180 Å². The Morgan fingerprint density at radius 1 is 0.800 bits per heavy atom. The lowest BCUT2D eigenvalue weighted by molar-refractivity contribution is -0.137. The van der Waals surface area contributed by atoms with E-state index in [1.54, 1.807) is 4.90 Å². The van der Waals surface area contributed by atoms with Crippen LogP contribution in [0.5, 0.6) is 0 Å². The van der Waals surface area contributed by atoms with E-state index in [9.17, 15) is 9.59 Å². The van der Waals surface area contributed by atoms with Gasteiger partial charge in [0.05, 0.1) is 0 Å². The van der Waals surface area contributed by atoms with Crippen LogP contribution in [0.15, 0.2) is 54.6 Å². The van der Waals surface area contributed by atoms with E-state index in [4.69, 9.17) is 5.73 Å². The minimum absolute atomic E-state index is 0.0379. The van der Waals surface area contributed by atoms with Gasteiger partial charge in [0.25, 0.3) is 0 Å². The van der Waals surface area contributed by atoms with E-state index in [0.29, 0.717) is 25.8 Å². The van der Waals surface area contributed by atoms with E-state index in [1.807, 2.05) is 0 Å². The normalized spacial score (nSPS) is 16.0. The number of nitrogens with two attached hydrogens (primary N) is 1. The van der Waals surface area contributed by atoms with Crippen molar-refractivity contribution in [1.82, 2.24) is 4.90 Å². The third kappa shape index (κ3) is 6.72. The molecule has 1 aliphatic rings. The number of primary amides is 1. The number of amides is 2. The molecule has 2 N–H and O–H groups in total. The lowest BCUT2D eigenvalue weighted by atomic mass is 10.0. The molecule has 0 radical (unpaired) electrons. The predicted octanol–water partition coefficient (Wildman–Crippen LogP) is 4.44. The molecule has 4 heteroatoms. The van der Waals surface area contributed by atoms with Gasteiger partial charge in [-0.2, -0.15) is 0 Å². The highest BCUT2D eigenvalue weighted by atomic mass is 16.2. The van der Waals surface area contributed by atoms with Crippen LogP contribution in [-0.4, -0.2) is 29.3 Å². The van der Waals surface area contributed by atoms with Gasteiger partial charge in [-0.1, -0.05) is 67.4 Å². The molecule has 1 saturated heterocycles. The Morgan fingerprint density at radius 2 is 1.37 bits per heavy atom. The summed E-state index contributed by atoms with van der Waals surface area (Å²) < 4.78 is 0. The molecular formula is C26H34N2O2. The van der Waals surface area contributed by atoms with Gasteiger partial charge in [-0.3, -0.25) is 9.59 Å². The first-order valence-corrected chi connectivity index (χ1v) is 11.3. The summed E-state index contributed by atoms with van der Waals surface area (Å²) in [5, 5.41) is 0. The number of aryl methyl sites for hydroxylation is 3. The second-order valence-corrected chi connectivity index (χ2v) is 8.36. The van der Waals surface area contributed by atoms with E-state index in [1.165, 1.54) is 48.8 Å². The van der Waals surface area contributed by atoms with Gasteiger partial charge in [0.1, 0.15) is 6.04 Å². The van der Waals surface area contributed by atoms with Crippen LogP contribution in [-0.2, 0) is 28.9 Å². The maximum Gasteiger partial charge on any atom is 0.240 e. The molecule has 1 atom stereocenters. The Balaban J connectivity index is 1.32. The summed E-state index contributed by atoms with van der Waals surface area (Å²) >= 11 is 0. The highest BCUT2D eigenvalue weighted by Crippen LogP contribution is 2.19. The molecular weight excluding hydrogens is 372 g/mol. The Bertz CT molecular complexity index is 802. The molecule has 4 nitrogen and oxygen atoms in total. The first-order valence-electron chi connectivity index (χ1n) is 11.3. The molecule has 0 spiro atoms. The number of carbonyl (C=O) groups excluding carboxylic acids is 2. The lowest BCUT2D eigenvalue weighted by Crippen LogP contribution is -2.43.